The molecule has 1 amide bonds. The van der Waals surface area contributed by atoms with Gasteiger partial charge in [0.15, 0.2) is 6.29 Å². The van der Waals surface area contributed by atoms with Crippen LogP contribution in [0.15, 0.2) is 18.2 Å². The molecule has 0 aliphatic carbocycles. The molecule has 1 aromatic rings. The minimum atomic E-state index is -1.07. The molecule has 1 heterocycles. The van der Waals surface area contributed by atoms with E-state index in [9.17, 15) is 24.4 Å². The van der Waals surface area contributed by atoms with Crippen LogP contribution in [0.1, 0.15) is 26.7 Å². The summed E-state index contributed by atoms with van der Waals surface area (Å²) >= 11 is 0. The van der Waals surface area contributed by atoms with Crippen molar-refractivity contribution < 1.29 is 24.0 Å². The van der Waals surface area contributed by atoms with Crippen LogP contribution in [-0.4, -0.2) is 40.9 Å². The maximum atomic E-state index is 13.3. The first-order chi connectivity index (χ1) is 11.8. The van der Waals surface area contributed by atoms with E-state index in [1.807, 2.05) is 13.8 Å². The molecule has 0 bridgehead atoms. The molecule has 2 rings (SSSR count). The fourth-order valence-electron chi connectivity index (χ4n) is 2.67. The normalized spacial score (nSPS) is 21.2. The van der Waals surface area contributed by atoms with E-state index in [4.69, 9.17) is 4.74 Å². The molecular formula is C16H22FN3O5. The summed E-state index contributed by atoms with van der Waals surface area (Å²) in [7, 11) is 0. The second-order valence-corrected chi connectivity index (χ2v) is 6.41. The lowest BCUT2D eigenvalue weighted by Crippen LogP contribution is -2.48. The van der Waals surface area contributed by atoms with Crippen molar-refractivity contribution >= 4 is 17.3 Å². The predicted molar refractivity (Wildman–Crippen MR) is 88.4 cm³/mol. The van der Waals surface area contributed by atoms with E-state index in [1.54, 1.807) is 0 Å². The molecule has 25 heavy (non-hydrogen) atoms. The molecule has 0 radical (unpaired) electrons. The Hall–Kier alpha value is -2.26. The molecule has 1 fully saturated rings. The number of aliphatic hydroxyl groups excluding tert-OH is 1. The van der Waals surface area contributed by atoms with Crippen molar-refractivity contribution in [2.75, 3.05) is 11.9 Å². The number of hydrogen-bond donors (Lipinski definition) is 3. The lowest BCUT2D eigenvalue weighted by atomic mass is 10.0. The number of carbonyl (C=O) groups is 1. The van der Waals surface area contributed by atoms with Crippen molar-refractivity contribution in [1.82, 2.24) is 5.32 Å². The number of amides is 1. The second kappa shape index (κ2) is 8.21. The molecule has 1 aliphatic rings. The van der Waals surface area contributed by atoms with Crippen LogP contribution in [-0.2, 0) is 9.53 Å². The van der Waals surface area contributed by atoms with Gasteiger partial charge >= 0.3 is 0 Å². The highest BCUT2D eigenvalue weighted by Gasteiger charge is 2.31. The predicted octanol–water partition coefficient (Wildman–Crippen LogP) is 1.78. The third kappa shape index (κ3) is 5.10. The van der Waals surface area contributed by atoms with Gasteiger partial charge in [-0.1, -0.05) is 13.8 Å². The molecule has 9 heteroatoms. The van der Waals surface area contributed by atoms with E-state index in [1.165, 1.54) is 6.07 Å². The van der Waals surface area contributed by atoms with Gasteiger partial charge in [-0.2, -0.15) is 0 Å². The third-order valence-electron chi connectivity index (χ3n) is 3.90. The van der Waals surface area contributed by atoms with Crippen LogP contribution in [0.25, 0.3) is 0 Å². The molecule has 0 saturated carbocycles. The second-order valence-electron chi connectivity index (χ2n) is 6.41. The molecule has 1 aromatic carbocycles. The Labute approximate surface area is 144 Å². The first kappa shape index (κ1) is 19.1. The number of nitro groups is 1. The van der Waals surface area contributed by atoms with Gasteiger partial charge in [0.1, 0.15) is 17.5 Å². The number of aliphatic hydroxyl groups is 1. The minimum Gasteiger partial charge on any atom is -0.368 e. The average Bonchev–Trinajstić information content (AvgIpc) is 2.92. The molecular weight excluding hydrogens is 333 g/mol. The number of halogens is 1. The maximum Gasteiger partial charge on any atom is 0.295 e. The maximum absolute atomic E-state index is 13.3. The van der Waals surface area contributed by atoms with E-state index in [0.717, 1.165) is 12.1 Å². The molecule has 3 atom stereocenters. The van der Waals surface area contributed by atoms with E-state index < -0.39 is 40.7 Å². The van der Waals surface area contributed by atoms with Gasteiger partial charge < -0.3 is 20.5 Å². The lowest BCUT2D eigenvalue weighted by Gasteiger charge is -2.24. The first-order valence-corrected chi connectivity index (χ1v) is 8.08. The van der Waals surface area contributed by atoms with Gasteiger partial charge in [-0.3, -0.25) is 14.9 Å². The SMILES string of the molecule is CC(C)C[C@H](Nc1ccc(F)cc1[N+](=O)[O-])C(=O)N[C@H]1CCOC1O. The molecule has 1 unspecified atom stereocenters. The number of rotatable bonds is 7. The van der Waals surface area contributed by atoms with E-state index in [2.05, 4.69) is 10.6 Å². The standard InChI is InChI=1S/C16H22FN3O5/c1-9(2)7-13(15(21)19-12-5-6-25-16(12)22)18-11-4-3-10(17)8-14(11)20(23)24/h3-4,8-9,12-13,16,18,22H,5-7H2,1-2H3,(H,19,21)/t12-,13-,16?/m0/s1. The first-order valence-electron chi connectivity index (χ1n) is 8.08. The third-order valence-corrected chi connectivity index (χ3v) is 3.90. The lowest BCUT2D eigenvalue weighted by molar-refractivity contribution is -0.384. The highest BCUT2D eigenvalue weighted by molar-refractivity contribution is 5.85. The zero-order valence-electron chi connectivity index (χ0n) is 14.1. The van der Waals surface area contributed by atoms with E-state index in [0.29, 0.717) is 19.4 Å². The van der Waals surface area contributed by atoms with Crippen molar-refractivity contribution in [2.24, 2.45) is 5.92 Å². The molecule has 1 saturated heterocycles. The molecule has 0 aromatic heterocycles. The van der Waals surface area contributed by atoms with Crippen molar-refractivity contribution in [3.8, 4) is 0 Å². The summed E-state index contributed by atoms with van der Waals surface area (Å²) in [5.41, 5.74) is -0.374. The summed E-state index contributed by atoms with van der Waals surface area (Å²) in [6.07, 6.45) is -0.175. The Kier molecular flexibility index (Phi) is 6.27. The number of nitrogens with one attached hydrogen (secondary N) is 2. The smallest absolute Gasteiger partial charge is 0.295 e. The highest BCUT2D eigenvalue weighted by atomic mass is 19.1. The Morgan fingerprint density at radius 1 is 1.52 bits per heavy atom. The summed E-state index contributed by atoms with van der Waals surface area (Å²) in [5, 5.41) is 26.3. The summed E-state index contributed by atoms with van der Waals surface area (Å²) in [6, 6.07) is 1.85. The Morgan fingerprint density at radius 3 is 2.80 bits per heavy atom. The Balaban J connectivity index is 2.17. The number of benzene rings is 1. The largest absolute Gasteiger partial charge is 0.368 e. The van der Waals surface area contributed by atoms with Gasteiger partial charge in [0.25, 0.3) is 5.69 Å². The number of nitro benzene ring substituents is 1. The number of ether oxygens (including phenoxy) is 1. The van der Waals surface area contributed by atoms with Crippen LogP contribution >= 0.6 is 0 Å². The topological polar surface area (TPSA) is 114 Å². The Morgan fingerprint density at radius 2 is 2.24 bits per heavy atom. The highest BCUT2D eigenvalue weighted by Crippen LogP contribution is 2.27. The van der Waals surface area contributed by atoms with Crippen LogP contribution in [0, 0.1) is 21.8 Å². The summed E-state index contributed by atoms with van der Waals surface area (Å²) in [4.78, 5) is 23.0. The molecule has 0 spiro atoms. The van der Waals surface area contributed by atoms with Gasteiger partial charge in [-0.05, 0) is 30.9 Å². The number of hydrogen-bond acceptors (Lipinski definition) is 6. The monoisotopic (exact) mass is 355 g/mol. The van der Waals surface area contributed by atoms with Crippen molar-refractivity contribution in [3.05, 3.63) is 34.1 Å². The summed E-state index contributed by atoms with van der Waals surface area (Å²) in [6.45, 7) is 4.17. The Bertz CT molecular complexity index is 640. The molecule has 8 nitrogen and oxygen atoms in total. The number of anilines is 1. The average molecular weight is 355 g/mol. The fourth-order valence-corrected chi connectivity index (χ4v) is 2.67. The van der Waals surface area contributed by atoms with Gasteiger partial charge in [-0.15, -0.1) is 0 Å². The van der Waals surface area contributed by atoms with Crippen LogP contribution in [0.3, 0.4) is 0 Å². The van der Waals surface area contributed by atoms with Crippen molar-refractivity contribution in [3.63, 3.8) is 0 Å². The van der Waals surface area contributed by atoms with Crippen molar-refractivity contribution in [2.45, 2.75) is 45.1 Å². The molecule has 1 aliphatic heterocycles. The minimum absolute atomic E-state index is 0.0652. The van der Waals surface area contributed by atoms with E-state index in [-0.39, 0.29) is 11.6 Å². The van der Waals surface area contributed by atoms with Crippen LogP contribution < -0.4 is 10.6 Å². The number of nitrogens with zero attached hydrogens (tertiary/aromatic N) is 1. The number of carbonyl (C=O) groups excluding carboxylic acids is 1. The summed E-state index contributed by atoms with van der Waals surface area (Å²) in [5.74, 6) is -0.997. The van der Waals surface area contributed by atoms with Gasteiger partial charge in [0.05, 0.1) is 23.6 Å². The van der Waals surface area contributed by atoms with Crippen LogP contribution in [0.2, 0.25) is 0 Å². The van der Waals surface area contributed by atoms with Crippen LogP contribution in [0.4, 0.5) is 15.8 Å². The van der Waals surface area contributed by atoms with Gasteiger partial charge in [-0.25, -0.2) is 4.39 Å². The van der Waals surface area contributed by atoms with Crippen LogP contribution in [0.5, 0.6) is 0 Å². The zero-order chi connectivity index (χ0) is 18.6. The summed E-state index contributed by atoms with van der Waals surface area (Å²) < 4.78 is 18.3. The molecule has 138 valence electrons. The van der Waals surface area contributed by atoms with E-state index >= 15 is 0 Å². The quantitative estimate of drug-likeness (QED) is 0.507. The molecule has 3 N–H and O–H groups in total. The van der Waals surface area contributed by atoms with Gasteiger partial charge in [0.2, 0.25) is 5.91 Å². The fraction of sp³-hybridized carbons (Fsp3) is 0.562. The van der Waals surface area contributed by atoms with Gasteiger partial charge in [0, 0.05) is 0 Å². The zero-order valence-corrected chi connectivity index (χ0v) is 14.1. The van der Waals surface area contributed by atoms with Crippen molar-refractivity contribution in [1.29, 1.82) is 0 Å².